The Labute approximate surface area is 197 Å². The zero-order valence-electron chi connectivity index (χ0n) is 18.5. The van der Waals surface area contributed by atoms with Crippen molar-refractivity contribution in [2.75, 3.05) is 13.2 Å². The molecule has 1 saturated carbocycles. The van der Waals surface area contributed by atoms with Gasteiger partial charge in [-0.25, -0.2) is 9.97 Å². The van der Waals surface area contributed by atoms with Gasteiger partial charge in [0.05, 0.1) is 15.4 Å². The van der Waals surface area contributed by atoms with E-state index in [1.54, 1.807) is 11.3 Å². The average Bonchev–Trinajstić information content (AvgIpc) is 3.24. The first-order valence-corrected chi connectivity index (χ1v) is 12.3. The molecule has 5 nitrogen and oxygen atoms in total. The molecule has 4 aromatic rings. The lowest BCUT2D eigenvalue weighted by molar-refractivity contribution is -0.0804. The molecule has 33 heavy (non-hydrogen) atoms. The predicted octanol–water partition coefficient (Wildman–Crippen LogP) is 5.74. The molecule has 2 aliphatic heterocycles. The molecule has 2 saturated heterocycles. The fourth-order valence-corrected chi connectivity index (χ4v) is 6.25. The summed E-state index contributed by atoms with van der Waals surface area (Å²) in [6, 6.07) is 20.2. The summed E-state index contributed by atoms with van der Waals surface area (Å²) in [5.41, 5.74) is 1.33. The number of benzene rings is 2. The fraction of sp³-hybridized carbons (Fsp3) is 0.296. The van der Waals surface area contributed by atoms with Crippen LogP contribution in [-0.2, 0) is 0 Å². The van der Waals surface area contributed by atoms with Crippen LogP contribution < -0.4 is 4.74 Å². The van der Waals surface area contributed by atoms with Crippen molar-refractivity contribution >= 4 is 28.0 Å². The molecule has 0 N–H and O–H groups in total. The minimum atomic E-state index is -0.279. The Balaban J connectivity index is 1.27. The smallest absolute Gasteiger partial charge is 0.274 e. The number of fused-ring (bicyclic) bond motifs is 3. The number of aromatic nitrogens is 2. The van der Waals surface area contributed by atoms with Crippen LogP contribution in [0.15, 0.2) is 66.9 Å². The van der Waals surface area contributed by atoms with E-state index in [0.29, 0.717) is 24.1 Å². The molecule has 1 aliphatic carbocycles. The van der Waals surface area contributed by atoms with Gasteiger partial charge in [-0.15, -0.1) is 11.3 Å². The third kappa shape index (κ3) is 3.59. The molecule has 0 unspecified atom stereocenters. The molecule has 0 radical (unpaired) electrons. The first-order chi connectivity index (χ1) is 16.1. The quantitative estimate of drug-likeness (QED) is 0.385. The maximum Gasteiger partial charge on any atom is 0.274 e. The number of rotatable bonds is 5. The first kappa shape index (κ1) is 20.4. The number of hydrogen-bond donors (Lipinski definition) is 0. The SMILES string of the molecule is Cc1nc(C(=O)N2CCC3CC2(COc2cc4ccccc4cn2)C3)c(-c2ccccc2)s1. The summed E-state index contributed by atoms with van der Waals surface area (Å²) in [6.45, 7) is 3.18. The van der Waals surface area contributed by atoms with Gasteiger partial charge in [-0.2, -0.15) is 0 Å². The minimum Gasteiger partial charge on any atom is -0.475 e. The normalized spacial score (nSPS) is 21.6. The van der Waals surface area contributed by atoms with Crippen molar-refractivity contribution < 1.29 is 9.53 Å². The summed E-state index contributed by atoms with van der Waals surface area (Å²) in [4.78, 5) is 26.0. The second-order valence-corrected chi connectivity index (χ2v) is 10.4. The minimum absolute atomic E-state index is 0.0198. The van der Waals surface area contributed by atoms with Crippen LogP contribution in [0, 0.1) is 12.8 Å². The number of ether oxygens (including phenoxy) is 1. The number of aryl methyl sites for hydroxylation is 1. The monoisotopic (exact) mass is 455 g/mol. The molecule has 166 valence electrons. The Bertz CT molecular complexity index is 1330. The fourth-order valence-electron chi connectivity index (χ4n) is 5.34. The topological polar surface area (TPSA) is 55.3 Å². The molecule has 2 aromatic carbocycles. The van der Waals surface area contributed by atoms with Crippen LogP contribution in [-0.4, -0.2) is 39.5 Å². The van der Waals surface area contributed by atoms with Gasteiger partial charge in [-0.1, -0.05) is 54.6 Å². The maximum atomic E-state index is 13.8. The van der Waals surface area contributed by atoms with Crippen molar-refractivity contribution in [1.82, 2.24) is 14.9 Å². The molecule has 7 rings (SSSR count). The second kappa shape index (κ2) is 7.96. The highest BCUT2D eigenvalue weighted by molar-refractivity contribution is 7.15. The predicted molar refractivity (Wildman–Crippen MR) is 131 cm³/mol. The molecule has 2 bridgehead atoms. The van der Waals surface area contributed by atoms with Crippen molar-refractivity contribution in [3.63, 3.8) is 0 Å². The molecule has 2 aromatic heterocycles. The Hall–Kier alpha value is -3.25. The van der Waals surface area contributed by atoms with Gasteiger partial charge in [0.15, 0.2) is 0 Å². The summed E-state index contributed by atoms with van der Waals surface area (Å²) in [5, 5.41) is 3.11. The van der Waals surface area contributed by atoms with E-state index in [1.165, 1.54) is 0 Å². The van der Waals surface area contributed by atoms with Gasteiger partial charge >= 0.3 is 0 Å². The van der Waals surface area contributed by atoms with Crippen molar-refractivity contribution in [2.24, 2.45) is 5.92 Å². The van der Waals surface area contributed by atoms with Crippen LogP contribution in [0.5, 0.6) is 5.88 Å². The summed E-state index contributed by atoms with van der Waals surface area (Å²) < 4.78 is 6.21. The standard InChI is InChI=1S/C27H25N3O2S/c1-18-29-24(25(33-18)20-7-3-2-4-8-20)26(31)30-12-11-19-14-27(30,15-19)17-32-23-13-21-9-5-6-10-22(21)16-28-23/h2-10,13,16,19H,11-12,14-15,17H2,1H3. The van der Waals surface area contributed by atoms with Gasteiger partial charge in [-0.05, 0) is 43.1 Å². The van der Waals surface area contributed by atoms with Crippen molar-refractivity contribution in [3.05, 3.63) is 77.6 Å². The third-order valence-electron chi connectivity index (χ3n) is 6.98. The molecule has 6 heteroatoms. The molecule has 0 spiro atoms. The Kier molecular flexibility index (Phi) is 4.91. The average molecular weight is 456 g/mol. The van der Waals surface area contributed by atoms with Gasteiger partial charge in [0.2, 0.25) is 5.88 Å². The molecule has 1 amide bonds. The van der Waals surface area contributed by atoms with Crippen LogP contribution in [0.25, 0.3) is 21.2 Å². The number of piperidine rings is 2. The largest absolute Gasteiger partial charge is 0.475 e. The van der Waals surface area contributed by atoms with Crippen LogP contribution in [0.2, 0.25) is 0 Å². The highest BCUT2D eigenvalue weighted by atomic mass is 32.1. The number of thiazole rings is 1. The van der Waals surface area contributed by atoms with Crippen LogP contribution in [0.3, 0.4) is 0 Å². The maximum absolute atomic E-state index is 13.8. The van der Waals surface area contributed by atoms with Gasteiger partial charge in [0, 0.05) is 24.2 Å². The summed E-state index contributed by atoms with van der Waals surface area (Å²) in [6.07, 6.45) is 4.86. The Morgan fingerprint density at radius 1 is 1.12 bits per heavy atom. The number of hydrogen-bond acceptors (Lipinski definition) is 5. The molecule has 0 atom stereocenters. The molecule has 4 heterocycles. The van der Waals surface area contributed by atoms with E-state index >= 15 is 0 Å². The molecule has 3 fully saturated rings. The van der Waals surface area contributed by atoms with Gasteiger partial charge in [0.25, 0.3) is 5.91 Å². The zero-order chi connectivity index (χ0) is 22.4. The van der Waals surface area contributed by atoms with Gasteiger partial charge in [-0.3, -0.25) is 4.79 Å². The van der Waals surface area contributed by atoms with Crippen molar-refractivity contribution in [3.8, 4) is 16.3 Å². The number of carbonyl (C=O) groups excluding carboxylic acids is 1. The zero-order valence-corrected chi connectivity index (χ0v) is 19.3. The van der Waals surface area contributed by atoms with Crippen molar-refractivity contribution in [2.45, 2.75) is 31.7 Å². The van der Waals surface area contributed by atoms with E-state index in [9.17, 15) is 4.79 Å². The highest BCUT2D eigenvalue weighted by Gasteiger charge is 2.55. The number of pyridine rings is 1. The number of nitrogens with zero attached hydrogens (tertiary/aromatic N) is 3. The van der Waals surface area contributed by atoms with Crippen LogP contribution in [0.4, 0.5) is 0 Å². The molecular weight excluding hydrogens is 430 g/mol. The summed E-state index contributed by atoms with van der Waals surface area (Å²) in [7, 11) is 0. The summed E-state index contributed by atoms with van der Waals surface area (Å²) >= 11 is 1.58. The Morgan fingerprint density at radius 3 is 2.70 bits per heavy atom. The lowest BCUT2D eigenvalue weighted by atomic mass is 9.63. The summed E-state index contributed by atoms with van der Waals surface area (Å²) in [5.74, 6) is 1.30. The number of carbonyl (C=O) groups is 1. The number of amides is 1. The van der Waals surface area contributed by atoms with E-state index in [0.717, 1.165) is 52.0 Å². The molecular formula is C27H25N3O2S. The lowest BCUT2D eigenvalue weighted by Gasteiger charge is -2.58. The van der Waals surface area contributed by atoms with Crippen LogP contribution in [0.1, 0.15) is 34.8 Å². The van der Waals surface area contributed by atoms with Crippen LogP contribution >= 0.6 is 11.3 Å². The van der Waals surface area contributed by atoms with E-state index in [-0.39, 0.29) is 11.4 Å². The second-order valence-electron chi connectivity index (χ2n) is 9.18. The molecule has 3 aliphatic rings. The van der Waals surface area contributed by atoms with Gasteiger partial charge < -0.3 is 9.64 Å². The lowest BCUT2D eigenvalue weighted by Crippen LogP contribution is -2.67. The Morgan fingerprint density at radius 2 is 1.88 bits per heavy atom. The highest BCUT2D eigenvalue weighted by Crippen LogP contribution is 2.50. The van der Waals surface area contributed by atoms with E-state index in [2.05, 4.69) is 16.0 Å². The first-order valence-electron chi connectivity index (χ1n) is 11.4. The van der Waals surface area contributed by atoms with E-state index in [1.807, 2.05) is 72.6 Å². The third-order valence-corrected chi connectivity index (χ3v) is 8.00. The van der Waals surface area contributed by atoms with E-state index in [4.69, 9.17) is 4.74 Å². The van der Waals surface area contributed by atoms with E-state index < -0.39 is 0 Å². The van der Waals surface area contributed by atoms with Gasteiger partial charge in [0.1, 0.15) is 12.3 Å². The van der Waals surface area contributed by atoms with Crippen molar-refractivity contribution in [1.29, 1.82) is 0 Å².